The van der Waals surface area contributed by atoms with Crippen molar-refractivity contribution in [1.29, 1.82) is 0 Å². The maximum atomic E-state index is 13.1. The molecule has 0 rings (SSSR count). The molecule has 0 aromatic carbocycles. The van der Waals surface area contributed by atoms with E-state index in [1.54, 1.807) is 0 Å². The van der Waals surface area contributed by atoms with Crippen LogP contribution < -0.4 is 0 Å². The van der Waals surface area contributed by atoms with E-state index in [-0.39, 0.29) is 25.7 Å². The number of unbranched alkanes of at least 4 members (excludes halogenated alkanes) is 48. The van der Waals surface area contributed by atoms with Crippen LogP contribution in [0.1, 0.15) is 414 Å². The zero-order chi connectivity index (χ0) is 72.1. The number of carbonyl (C=O) groups is 4. The molecule has 0 fully saturated rings. The number of phosphoric ester groups is 2. The fraction of sp³-hybridized carbons (Fsp3) is 0.949. The topological polar surface area (TPSA) is 237 Å². The summed E-state index contributed by atoms with van der Waals surface area (Å²) in [4.78, 5) is 72.9. The Bertz CT molecular complexity index is 1890. The average molecular weight is 1440 g/mol. The summed E-state index contributed by atoms with van der Waals surface area (Å²) < 4.78 is 68.7. The minimum atomic E-state index is -4.96. The van der Waals surface area contributed by atoms with Gasteiger partial charge in [-0.1, -0.05) is 363 Å². The van der Waals surface area contributed by atoms with Crippen LogP contribution in [-0.2, 0) is 65.4 Å². The van der Waals surface area contributed by atoms with Gasteiger partial charge in [0.15, 0.2) is 12.2 Å². The molecule has 2 unspecified atom stereocenters. The fourth-order valence-electron chi connectivity index (χ4n) is 12.2. The predicted octanol–water partition coefficient (Wildman–Crippen LogP) is 23.5. The second kappa shape index (κ2) is 70.7. The van der Waals surface area contributed by atoms with Gasteiger partial charge >= 0.3 is 39.5 Å². The monoisotopic (exact) mass is 1440 g/mol. The zero-order valence-corrected chi connectivity index (χ0v) is 65.9. The van der Waals surface area contributed by atoms with Crippen LogP contribution in [0, 0.1) is 11.8 Å². The van der Waals surface area contributed by atoms with Gasteiger partial charge in [0.1, 0.15) is 19.3 Å². The molecule has 582 valence electrons. The number of aliphatic hydroxyl groups is 1. The van der Waals surface area contributed by atoms with E-state index in [9.17, 15) is 43.2 Å². The molecule has 0 aliphatic rings. The number of carbonyl (C=O) groups excluding carboxylic acids is 4. The summed E-state index contributed by atoms with van der Waals surface area (Å²) in [6.07, 6.45) is 59.5. The van der Waals surface area contributed by atoms with Crippen molar-refractivity contribution in [3.8, 4) is 0 Å². The lowest BCUT2D eigenvalue weighted by Crippen LogP contribution is -2.30. The molecule has 0 saturated carbocycles. The summed E-state index contributed by atoms with van der Waals surface area (Å²) in [6.45, 7) is 9.66. The molecule has 0 bridgehead atoms. The Balaban J connectivity index is 5.24. The first-order valence-corrected chi connectivity index (χ1v) is 44.0. The van der Waals surface area contributed by atoms with Gasteiger partial charge in [-0.05, 0) is 37.5 Å². The summed E-state index contributed by atoms with van der Waals surface area (Å²) in [7, 11) is -9.92. The number of rotatable bonds is 78. The van der Waals surface area contributed by atoms with Crippen molar-refractivity contribution < 1.29 is 80.2 Å². The van der Waals surface area contributed by atoms with Gasteiger partial charge in [-0.25, -0.2) is 9.13 Å². The third-order valence-electron chi connectivity index (χ3n) is 18.5. The van der Waals surface area contributed by atoms with Crippen molar-refractivity contribution >= 4 is 39.5 Å². The molecular formula is C79H154O17P2. The Morgan fingerprint density at radius 3 is 0.694 bits per heavy atom. The van der Waals surface area contributed by atoms with E-state index in [2.05, 4.69) is 41.5 Å². The smallest absolute Gasteiger partial charge is 0.462 e. The van der Waals surface area contributed by atoms with E-state index in [1.165, 1.54) is 231 Å². The molecule has 0 radical (unpaired) electrons. The normalized spacial score (nSPS) is 13.9. The average Bonchev–Trinajstić information content (AvgIpc) is 1.04. The van der Waals surface area contributed by atoms with Crippen molar-refractivity contribution in [1.82, 2.24) is 0 Å². The van der Waals surface area contributed by atoms with Gasteiger partial charge in [-0.3, -0.25) is 37.3 Å². The molecule has 98 heavy (non-hydrogen) atoms. The molecule has 3 N–H and O–H groups in total. The second-order valence-corrected chi connectivity index (χ2v) is 32.3. The molecule has 17 nitrogen and oxygen atoms in total. The van der Waals surface area contributed by atoms with Gasteiger partial charge in [0.05, 0.1) is 26.4 Å². The van der Waals surface area contributed by atoms with E-state index in [0.717, 1.165) is 102 Å². The Labute approximate surface area is 600 Å². The molecule has 0 aromatic heterocycles. The van der Waals surface area contributed by atoms with E-state index < -0.39 is 97.5 Å². The minimum absolute atomic E-state index is 0.108. The molecular weight excluding hydrogens is 1280 g/mol. The van der Waals surface area contributed by atoms with E-state index in [4.69, 9.17) is 37.0 Å². The highest BCUT2D eigenvalue weighted by atomic mass is 31.2. The van der Waals surface area contributed by atoms with Gasteiger partial charge in [0, 0.05) is 25.7 Å². The van der Waals surface area contributed by atoms with Gasteiger partial charge in [0.25, 0.3) is 0 Å². The summed E-state index contributed by atoms with van der Waals surface area (Å²) in [5.41, 5.74) is 0. The Morgan fingerprint density at radius 2 is 0.469 bits per heavy atom. The highest BCUT2D eigenvalue weighted by Crippen LogP contribution is 2.45. The second-order valence-electron chi connectivity index (χ2n) is 29.4. The summed E-state index contributed by atoms with van der Waals surface area (Å²) in [6, 6.07) is 0. The molecule has 0 aliphatic carbocycles. The van der Waals surface area contributed by atoms with Crippen LogP contribution >= 0.6 is 15.6 Å². The number of phosphoric acid groups is 2. The van der Waals surface area contributed by atoms with Gasteiger partial charge in [-0.15, -0.1) is 0 Å². The quantitative estimate of drug-likeness (QED) is 0.0222. The fourth-order valence-corrected chi connectivity index (χ4v) is 13.8. The molecule has 19 heteroatoms. The lowest BCUT2D eigenvalue weighted by Gasteiger charge is -2.21. The van der Waals surface area contributed by atoms with Gasteiger partial charge in [0.2, 0.25) is 0 Å². The Hall–Kier alpha value is -1.94. The lowest BCUT2D eigenvalue weighted by atomic mass is 10.0. The van der Waals surface area contributed by atoms with Crippen molar-refractivity contribution in [3.63, 3.8) is 0 Å². The van der Waals surface area contributed by atoms with Crippen LogP contribution in [0.5, 0.6) is 0 Å². The van der Waals surface area contributed by atoms with Crippen molar-refractivity contribution in [2.45, 2.75) is 432 Å². The number of esters is 4. The summed E-state index contributed by atoms with van der Waals surface area (Å²) in [5.74, 6) is -0.525. The zero-order valence-electron chi connectivity index (χ0n) is 64.1. The van der Waals surface area contributed by atoms with E-state index in [1.807, 2.05) is 0 Å². The molecule has 0 heterocycles. The van der Waals surface area contributed by atoms with Crippen LogP contribution in [0.4, 0.5) is 0 Å². The lowest BCUT2D eigenvalue weighted by molar-refractivity contribution is -0.161. The van der Waals surface area contributed by atoms with Crippen molar-refractivity contribution in [2.24, 2.45) is 11.8 Å². The van der Waals surface area contributed by atoms with Gasteiger partial charge < -0.3 is 33.8 Å². The first-order valence-electron chi connectivity index (χ1n) is 41.0. The molecule has 0 amide bonds. The van der Waals surface area contributed by atoms with Crippen LogP contribution in [0.2, 0.25) is 0 Å². The molecule has 0 aromatic rings. The van der Waals surface area contributed by atoms with Gasteiger partial charge in [-0.2, -0.15) is 0 Å². The maximum Gasteiger partial charge on any atom is 0.472 e. The summed E-state index contributed by atoms with van der Waals surface area (Å²) in [5, 5.41) is 10.6. The third kappa shape index (κ3) is 72.4. The van der Waals surface area contributed by atoms with Crippen molar-refractivity contribution in [3.05, 3.63) is 0 Å². The summed E-state index contributed by atoms with van der Waals surface area (Å²) >= 11 is 0. The van der Waals surface area contributed by atoms with Crippen LogP contribution in [-0.4, -0.2) is 96.7 Å². The maximum absolute atomic E-state index is 13.1. The van der Waals surface area contributed by atoms with E-state index in [0.29, 0.717) is 25.7 Å². The highest BCUT2D eigenvalue weighted by molar-refractivity contribution is 7.47. The number of hydrogen-bond donors (Lipinski definition) is 3. The standard InChI is InChI=1S/C79H154O17P2/c1-7-9-11-13-15-17-19-20-22-26-33-39-45-51-57-63-78(83)95-74(67-89-76(81)61-55-49-43-37-18-16-14-12-10-8-2)69-93-97(85,86)91-65-73(80)66-92-98(87,88)94-70-75(68-90-77(82)62-56-50-44-38-32-29-28-31-36-42-48-54-60-72(5)6)96-79(84)64-58-52-46-40-34-27-24-21-23-25-30-35-41-47-53-59-71(3)4/h71-75,80H,7-70H2,1-6H3,(H,85,86)(H,87,88)/t73-,74+,75+/m0/s1. The third-order valence-corrected chi connectivity index (χ3v) is 20.4. The highest BCUT2D eigenvalue weighted by Gasteiger charge is 2.30. The predicted molar refractivity (Wildman–Crippen MR) is 400 cm³/mol. The minimum Gasteiger partial charge on any atom is -0.462 e. The van der Waals surface area contributed by atoms with E-state index >= 15 is 0 Å². The van der Waals surface area contributed by atoms with Crippen LogP contribution in [0.25, 0.3) is 0 Å². The Morgan fingerprint density at radius 1 is 0.276 bits per heavy atom. The number of aliphatic hydroxyl groups excluding tert-OH is 1. The van der Waals surface area contributed by atoms with Crippen LogP contribution in [0.3, 0.4) is 0 Å². The van der Waals surface area contributed by atoms with Crippen LogP contribution in [0.15, 0.2) is 0 Å². The molecule has 5 atom stereocenters. The molecule has 0 spiro atoms. The first-order chi connectivity index (χ1) is 47.4. The molecule has 0 aliphatic heterocycles. The SMILES string of the molecule is CCCCCCCCCCCCCCCCCC(=O)O[C@H](COC(=O)CCCCCCCCCCCC)COP(=O)(O)OC[C@H](O)COP(=O)(O)OC[C@@H](COC(=O)CCCCCCCCCCCCCCC(C)C)OC(=O)CCCCCCCCCCCCCCCCCC(C)C. The number of hydrogen-bond acceptors (Lipinski definition) is 15. The first kappa shape index (κ1) is 96.1. The Kier molecular flexibility index (Phi) is 69.3. The largest absolute Gasteiger partial charge is 0.472 e. The van der Waals surface area contributed by atoms with Crippen molar-refractivity contribution in [2.75, 3.05) is 39.6 Å². The molecule has 0 saturated heterocycles. The number of ether oxygens (including phenoxy) is 4.